The van der Waals surface area contributed by atoms with Crippen molar-refractivity contribution in [2.45, 2.75) is 32.7 Å². The van der Waals surface area contributed by atoms with E-state index in [1.165, 1.54) is 0 Å². The molecule has 0 aromatic heterocycles. The van der Waals surface area contributed by atoms with Crippen LogP contribution in [0.3, 0.4) is 0 Å². The molecule has 0 heterocycles. The third-order valence-corrected chi connectivity index (χ3v) is 4.41. The van der Waals surface area contributed by atoms with Crippen LogP contribution in [-0.2, 0) is 9.09 Å². The Labute approximate surface area is 139 Å². The summed E-state index contributed by atoms with van der Waals surface area (Å²) in [5.41, 5.74) is 0.922. The molecular weight excluding hydrogens is 315 g/mol. The van der Waals surface area contributed by atoms with Crippen molar-refractivity contribution in [1.29, 1.82) is 0 Å². The third-order valence-electron chi connectivity index (χ3n) is 3.46. The topological polar surface area (TPSA) is 67.8 Å². The molecule has 0 saturated heterocycles. The average Bonchev–Trinajstić information content (AvgIpc) is 2.38. The van der Waals surface area contributed by atoms with E-state index in [0.717, 1.165) is 12.1 Å². The molecule has 1 rings (SSSR count). The second kappa shape index (κ2) is 7.67. The van der Waals surface area contributed by atoms with E-state index in [1.54, 1.807) is 12.1 Å². The van der Waals surface area contributed by atoms with Crippen LogP contribution in [-0.4, -0.2) is 49.2 Å². The van der Waals surface area contributed by atoms with Gasteiger partial charge >= 0.3 is 7.82 Å². The predicted molar refractivity (Wildman–Crippen MR) is 93.7 cm³/mol. The molecule has 0 fully saturated rings. The second-order valence-corrected chi connectivity index (χ2v) is 8.67. The summed E-state index contributed by atoms with van der Waals surface area (Å²) in [6.07, 6.45) is 0.983. The SMILES string of the molecule is CCC(C)(C)Nc1ccc(OP(=O)(O)OCC[N+](C)(C)C)cc1. The first kappa shape index (κ1) is 20.0. The molecule has 0 spiro atoms. The minimum atomic E-state index is -4.09. The van der Waals surface area contributed by atoms with E-state index < -0.39 is 7.82 Å². The number of hydrogen-bond donors (Lipinski definition) is 2. The van der Waals surface area contributed by atoms with E-state index in [0.29, 0.717) is 16.8 Å². The van der Waals surface area contributed by atoms with Crippen molar-refractivity contribution >= 4 is 13.5 Å². The molecule has 0 aliphatic heterocycles. The highest BCUT2D eigenvalue weighted by Gasteiger charge is 2.24. The second-order valence-electron chi connectivity index (χ2n) is 7.29. The Bertz CT molecular complexity index is 538. The molecule has 0 amide bonds. The number of phosphoric ester groups is 1. The van der Waals surface area contributed by atoms with Gasteiger partial charge in [0.1, 0.15) is 18.9 Å². The van der Waals surface area contributed by atoms with Gasteiger partial charge in [-0.15, -0.1) is 0 Å². The van der Waals surface area contributed by atoms with Crippen molar-refractivity contribution in [3.05, 3.63) is 24.3 Å². The molecule has 0 radical (unpaired) electrons. The summed E-state index contributed by atoms with van der Waals surface area (Å²) in [6.45, 7) is 7.10. The number of phosphoric acid groups is 1. The van der Waals surface area contributed by atoms with Crippen molar-refractivity contribution in [3.63, 3.8) is 0 Å². The number of nitrogens with zero attached hydrogens (tertiary/aromatic N) is 1. The molecule has 6 nitrogen and oxygen atoms in total. The van der Waals surface area contributed by atoms with Gasteiger partial charge in [-0.3, -0.25) is 9.42 Å². The van der Waals surface area contributed by atoms with E-state index in [2.05, 4.69) is 26.1 Å². The minimum Gasteiger partial charge on any atom is -0.404 e. The van der Waals surface area contributed by atoms with Crippen LogP contribution in [0.4, 0.5) is 5.69 Å². The molecule has 1 aromatic rings. The largest absolute Gasteiger partial charge is 0.527 e. The maximum Gasteiger partial charge on any atom is 0.527 e. The lowest BCUT2D eigenvalue weighted by atomic mass is 10.0. The molecule has 0 saturated carbocycles. The molecule has 7 heteroatoms. The molecule has 1 aromatic carbocycles. The van der Waals surface area contributed by atoms with Gasteiger partial charge in [-0.25, -0.2) is 4.57 Å². The smallest absolute Gasteiger partial charge is 0.404 e. The lowest BCUT2D eigenvalue weighted by Gasteiger charge is -2.26. The van der Waals surface area contributed by atoms with E-state index in [1.807, 2.05) is 33.3 Å². The summed E-state index contributed by atoms with van der Waals surface area (Å²) in [5.74, 6) is 0.306. The Morgan fingerprint density at radius 1 is 1.22 bits per heavy atom. The lowest BCUT2D eigenvalue weighted by Crippen LogP contribution is -2.37. The zero-order valence-corrected chi connectivity index (χ0v) is 15.9. The number of nitrogens with one attached hydrogen (secondary N) is 1. The fourth-order valence-corrected chi connectivity index (χ4v) is 2.42. The first-order valence-corrected chi connectivity index (χ1v) is 9.28. The summed E-state index contributed by atoms with van der Waals surface area (Å²) in [5, 5.41) is 3.39. The molecule has 0 aliphatic carbocycles. The van der Waals surface area contributed by atoms with Crippen molar-refractivity contribution in [3.8, 4) is 5.75 Å². The Morgan fingerprint density at radius 3 is 2.26 bits per heavy atom. The van der Waals surface area contributed by atoms with E-state index in [9.17, 15) is 9.46 Å². The molecular formula is C16H30N2O4P+. The van der Waals surface area contributed by atoms with Gasteiger partial charge < -0.3 is 14.3 Å². The fraction of sp³-hybridized carbons (Fsp3) is 0.625. The van der Waals surface area contributed by atoms with E-state index >= 15 is 0 Å². The van der Waals surface area contributed by atoms with Crippen LogP contribution in [0.1, 0.15) is 27.2 Å². The highest BCUT2D eigenvalue weighted by atomic mass is 31.2. The molecule has 1 unspecified atom stereocenters. The zero-order chi connectivity index (χ0) is 17.7. The number of quaternary nitrogens is 1. The van der Waals surface area contributed by atoms with Crippen molar-refractivity contribution < 1.29 is 23.0 Å². The highest BCUT2D eigenvalue weighted by molar-refractivity contribution is 7.47. The standard InChI is InChI=1S/C16H29N2O4P/c1-7-16(2,3)17-14-8-10-15(11-9-14)22-23(19,20)21-13-12-18(4,5)6/h8-11,17H,7,12-13H2,1-6H3/p+1. The summed E-state index contributed by atoms with van der Waals surface area (Å²) in [4.78, 5) is 9.75. The Kier molecular flexibility index (Phi) is 6.66. The first-order valence-electron chi connectivity index (χ1n) is 7.78. The summed E-state index contributed by atoms with van der Waals surface area (Å²) in [7, 11) is 1.85. The molecule has 132 valence electrons. The van der Waals surface area contributed by atoms with Gasteiger partial charge in [-0.1, -0.05) is 6.92 Å². The number of benzene rings is 1. The Morgan fingerprint density at radius 2 is 1.78 bits per heavy atom. The van der Waals surface area contributed by atoms with E-state index in [-0.39, 0.29) is 12.1 Å². The normalized spacial score (nSPS) is 15.1. The highest BCUT2D eigenvalue weighted by Crippen LogP contribution is 2.43. The number of anilines is 1. The molecule has 23 heavy (non-hydrogen) atoms. The van der Waals surface area contributed by atoms with Crippen LogP contribution in [0.5, 0.6) is 5.75 Å². The van der Waals surface area contributed by atoms with Gasteiger partial charge in [-0.2, -0.15) is 0 Å². The summed E-state index contributed by atoms with van der Waals surface area (Å²) >= 11 is 0. The fourth-order valence-electron chi connectivity index (χ4n) is 1.67. The van der Waals surface area contributed by atoms with Gasteiger partial charge in [0.05, 0.1) is 21.1 Å². The van der Waals surface area contributed by atoms with Crippen LogP contribution in [0.2, 0.25) is 0 Å². The maximum atomic E-state index is 11.9. The van der Waals surface area contributed by atoms with Crippen molar-refractivity contribution in [2.75, 3.05) is 39.6 Å². The van der Waals surface area contributed by atoms with Gasteiger partial charge in [0, 0.05) is 11.2 Å². The van der Waals surface area contributed by atoms with Crippen molar-refractivity contribution in [2.24, 2.45) is 0 Å². The number of likely N-dealkylation sites (N-methyl/N-ethyl adjacent to an activating group) is 1. The Balaban J connectivity index is 2.58. The summed E-state index contributed by atoms with van der Waals surface area (Å²) in [6, 6.07) is 6.94. The van der Waals surface area contributed by atoms with Crippen LogP contribution >= 0.6 is 7.82 Å². The Hall–Kier alpha value is -1.07. The van der Waals surface area contributed by atoms with Gasteiger partial charge in [0.2, 0.25) is 0 Å². The van der Waals surface area contributed by atoms with Gasteiger partial charge in [-0.05, 0) is 44.5 Å². The zero-order valence-electron chi connectivity index (χ0n) is 15.0. The maximum absolute atomic E-state index is 11.9. The third kappa shape index (κ3) is 8.37. The van der Waals surface area contributed by atoms with Crippen LogP contribution in [0.15, 0.2) is 24.3 Å². The van der Waals surface area contributed by atoms with E-state index in [4.69, 9.17) is 9.05 Å². The monoisotopic (exact) mass is 345 g/mol. The molecule has 2 N–H and O–H groups in total. The number of hydrogen-bond acceptors (Lipinski definition) is 4. The van der Waals surface area contributed by atoms with Gasteiger partial charge in [0.25, 0.3) is 0 Å². The lowest BCUT2D eigenvalue weighted by molar-refractivity contribution is -0.870. The average molecular weight is 345 g/mol. The molecule has 0 aliphatic rings. The first-order chi connectivity index (χ1) is 10.4. The van der Waals surface area contributed by atoms with Crippen LogP contribution in [0.25, 0.3) is 0 Å². The van der Waals surface area contributed by atoms with Crippen LogP contribution < -0.4 is 9.84 Å². The van der Waals surface area contributed by atoms with Gasteiger partial charge in [0.15, 0.2) is 0 Å². The number of rotatable bonds is 9. The predicted octanol–water partition coefficient (Wildman–Crippen LogP) is 3.49. The molecule has 0 bridgehead atoms. The molecule has 1 atom stereocenters. The minimum absolute atomic E-state index is 0.0110. The van der Waals surface area contributed by atoms with Crippen molar-refractivity contribution in [1.82, 2.24) is 0 Å². The van der Waals surface area contributed by atoms with Crippen LogP contribution in [0, 0.1) is 0 Å². The summed E-state index contributed by atoms with van der Waals surface area (Å²) < 4.78 is 22.6. The quantitative estimate of drug-likeness (QED) is 0.530.